The predicted molar refractivity (Wildman–Crippen MR) is 63.0 cm³/mol. The third-order valence-electron chi connectivity index (χ3n) is 4.31. The Bertz CT molecular complexity index is 450. The molecule has 0 aromatic carbocycles. The highest BCUT2D eigenvalue weighted by molar-refractivity contribution is 5.41. The van der Waals surface area contributed by atoms with Gasteiger partial charge in [0.1, 0.15) is 5.41 Å². The Labute approximate surface area is 101 Å². The van der Waals surface area contributed by atoms with Crippen LogP contribution in [0.1, 0.15) is 19.5 Å². The Morgan fingerprint density at radius 2 is 2.12 bits per heavy atom. The van der Waals surface area contributed by atoms with E-state index in [1.165, 1.54) is 0 Å². The first kappa shape index (κ1) is 10.7. The van der Waals surface area contributed by atoms with Gasteiger partial charge in [-0.3, -0.25) is 9.97 Å². The Morgan fingerprint density at radius 1 is 1.41 bits per heavy atom. The summed E-state index contributed by atoms with van der Waals surface area (Å²) in [6.45, 7) is 6.46. The van der Waals surface area contributed by atoms with Crippen molar-refractivity contribution in [3.63, 3.8) is 0 Å². The molecule has 1 aromatic rings. The minimum Gasteiger partial charge on any atom is -0.300 e. The monoisotopic (exact) mass is 228 g/mol. The number of likely N-dealkylation sites (tertiary alicyclic amines) is 1. The number of fused-ring (bicyclic) bond motifs is 1. The summed E-state index contributed by atoms with van der Waals surface area (Å²) < 4.78 is 0. The third-order valence-corrected chi connectivity index (χ3v) is 4.31. The van der Waals surface area contributed by atoms with Crippen molar-refractivity contribution < 1.29 is 0 Å². The Morgan fingerprint density at radius 3 is 2.59 bits per heavy atom. The van der Waals surface area contributed by atoms with Crippen molar-refractivity contribution in [3.8, 4) is 6.07 Å². The van der Waals surface area contributed by atoms with Crippen LogP contribution < -0.4 is 0 Å². The molecule has 0 radical (unpaired) electrons. The van der Waals surface area contributed by atoms with Gasteiger partial charge in [0, 0.05) is 43.4 Å². The maximum absolute atomic E-state index is 9.50. The number of aromatic nitrogens is 2. The van der Waals surface area contributed by atoms with Crippen molar-refractivity contribution in [3.05, 3.63) is 24.3 Å². The molecule has 2 unspecified atom stereocenters. The number of piperidine rings is 1. The summed E-state index contributed by atoms with van der Waals surface area (Å²) in [5.41, 5.74) is 0.514. The minimum absolute atomic E-state index is 0.348. The second-order valence-electron chi connectivity index (χ2n) is 5.33. The molecule has 2 atom stereocenters. The molecule has 17 heavy (non-hydrogen) atoms. The Kier molecular flexibility index (Phi) is 2.20. The van der Waals surface area contributed by atoms with Crippen LogP contribution in [0.2, 0.25) is 0 Å². The van der Waals surface area contributed by atoms with Crippen molar-refractivity contribution in [2.75, 3.05) is 13.1 Å². The molecule has 0 amide bonds. The summed E-state index contributed by atoms with van der Waals surface area (Å²) in [4.78, 5) is 10.9. The van der Waals surface area contributed by atoms with E-state index in [2.05, 4.69) is 34.8 Å². The van der Waals surface area contributed by atoms with E-state index in [1.54, 1.807) is 18.6 Å². The van der Waals surface area contributed by atoms with Gasteiger partial charge in [0.2, 0.25) is 0 Å². The molecular weight excluding hydrogens is 212 g/mol. The van der Waals surface area contributed by atoms with Crippen molar-refractivity contribution in [2.45, 2.75) is 25.3 Å². The van der Waals surface area contributed by atoms with Gasteiger partial charge >= 0.3 is 0 Å². The molecule has 88 valence electrons. The maximum Gasteiger partial charge on any atom is 0.110 e. The molecule has 1 aliphatic carbocycles. The van der Waals surface area contributed by atoms with Gasteiger partial charge in [0.25, 0.3) is 0 Å². The zero-order chi connectivity index (χ0) is 12.0. The lowest BCUT2D eigenvalue weighted by atomic mass is 9.97. The van der Waals surface area contributed by atoms with E-state index in [0.29, 0.717) is 17.9 Å². The van der Waals surface area contributed by atoms with Crippen molar-refractivity contribution in [1.82, 2.24) is 14.9 Å². The summed E-state index contributed by atoms with van der Waals surface area (Å²) in [6, 6.07) is 3.07. The number of nitriles is 1. The molecular formula is C13H16N4. The van der Waals surface area contributed by atoms with Crippen LogP contribution in [0.5, 0.6) is 0 Å². The summed E-state index contributed by atoms with van der Waals surface area (Å²) in [5, 5.41) is 9.50. The van der Waals surface area contributed by atoms with Crippen LogP contribution in [-0.4, -0.2) is 34.0 Å². The lowest BCUT2D eigenvalue weighted by Crippen LogP contribution is -2.35. The first-order chi connectivity index (χ1) is 8.20. The van der Waals surface area contributed by atoms with Crippen molar-refractivity contribution >= 4 is 0 Å². The highest BCUT2D eigenvalue weighted by Gasteiger charge is 2.70. The van der Waals surface area contributed by atoms with Crippen LogP contribution in [0.3, 0.4) is 0 Å². The fraction of sp³-hybridized carbons (Fsp3) is 0.615. The molecule has 1 saturated heterocycles. The highest BCUT2D eigenvalue weighted by Crippen LogP contribution is 2.62. The molecule has 4 nitrogen and oxygen atoms in total. The van der Waals surface area contributed by atoms with Gasteiger partial charge in [-0.15, -0.1) is 0 Å². The van der Waals surface area contributed by atoms with Crippen LogP contribution in [0.25, 0.3) is 0 Å². The molecule has 0 bridgehead atoms. The molecule has 3 rings (SSSR count). The minimum atomic E-state index is -0.348. The second kappa shape index (κ2) is 3.51. The van der Waals surface area contributed by atoms with Gasteiger partial charge in [0.15, 0.2) is 0 Å². The lowest BCUT2D eigenvalue weighted by Gasteiger charge is -2.25. The average molecular weight is 228 g/mol. The van der Waals surface area contributed by atoms with Crippen LogP contribution in [0.4, 0.5) is 0 Å². The fourth-order valence-electron chi connectivity index (χ4n) is 3.20. The van der Waals surface area contributed by atoms with Gasteiger partial charge in [-0.1, -0.05) is 0 Å². The largest absolute Gasteiger partial charge is 0.300 e. The quantitative estimate of drug-likeness (QED) is 0.763. The first-order valence-corrected chi connectivity index (χ1v) is 6.12. The zero-order valence-corrected chi connectivity index (χ0v) is 10.2. The molecule has 2 heterocycles. The van der Waals surface area contributed by atoms with E-state index in [4.69, 9.17) is 0 Å². The van der Waals surface area contributed by atoms with E-state index >= 15 is 0 Å². The number of nitrogens with zero attached hydrogens (tertiary/aromatic N) is 4. The fourth-order valence-corrected chi connectivity index (χ4v) is 3.20. The SMILES string of the molecule is CC(C)N1CC2C(C1)C2(C#N)c1cnccn1. The van der Waals surface area contributed by atoms with Crippen molar-refractivity contribution in [1.29, 1.82) is 5.26 Å². The zero-order valence-electron chi connectivity index (χ0n) is 10.2. The van der Waals surface area contributed by atoms with E-state index in [9.17, 15) is 5.26 Å². The van der Waals surface area contributed by atoms with Crippen LogP contribution in [0, 0.1) is 23.2 Å². The van der Waals surface area contributed by atoms with Crippen LogP contribution in [0.15, 0.2) is 18.6 Å². The second-order valence-corrected chi connectivity index (χ2v) is 5.33. The normalized spacial score (nSPS) is 35.6. The van der Waals surface area contributed by atoms with Gasteiger partial charge in [-0.25, -0.2) is 0 Å². The van der Waals surface area contributed by atoms with E-state index in [-0.39, 0.29) is 5.41 Å². The van der Waals surface area contributed by atoms with Crippen LogP contribution in [-0.2, 0) is 5.41 Å². The Hall–Kier alpha value is -1.47. The van der Waals surface area contributed by atoms with Crippen molar-refractivity contribution in [2.24, 2.45) is 11.8 Å². The number of hydrogen-bond donors (Lipinski definition) is 0. The number of hydrogen-bond acceptors (Lipinski definition) is 4. The summed E-state index contributed by atoms with van der Waals surface area (Å²) in [7, 11) is 0. The average Bonchev–Trinajstić information content (AvgIpc) is 2.73. The summed E-state index contributed by atoms with van der Waals surface area (Å²) in [6.07, 6.45) is 5.09. The van der Waals surface area contributed by atoms with Gasteiger partial charge in [0.05, 0.1) is 18.0 Å². The molecule has 1 aliphatic heterocycles. The van der Waals surface area contributed by atoms with E-state index in [0.717, 1.165) is 18.8 Å². The van der Waals surface area contributed by atoms with Gasteiger partial charge in [-0.2, -0.15) is 5.26 Å². The molecule has 2 aliphatic rings. The molecule has 0 spiro atoms. The molecule has 1 saturated carbocycles. The first-order valence-electron chi connectivity index (χ1n) is 6.12. The predicted octanol–water partition coefficient (Wildman–Crippen LogP) is 1.21. The standard InChI is InChI=1S/C13H16N4/c1-9(2)17-6-10-11(7-17)13(10,8-14)12-5-15-3-4-16-12/h3-5,9-11H,6-7H2,1-2H3. The maximum atomic E-state index is 9.50. The van der Waals surface area contributed by atoms with E-state index < -0.39 is 0 Å². The molecule has 2 fully saturated rings. The topological polar surface area (TPSA) is 52.8 Å². The van der Waals surface area contributed by atoms with E-state index in [1.807, 2.05) is 0 Å². The highest BCUT2D eigenvalue weighted by atomic mass is 15.2. The molecule has 1 aromatic heterocycles. The third kappa shape index (κ3) is 1.32. The summed E-state index contributed by atoms with van der Waals surface area (Å²) >= 11 is 0. The smallest absolute Gasteiger partial charge is 0.110 e. The number of rotatable bonds is 2. The molecule has 4 heteroatoms. The summed E-state index contributed by atoms with van der Waals surface area (Å²) in [5.74, 6) is 0.901. The van der Waals surface area contributed by atoms with Gasteiger partial charge < -0.3 is 4.90 Å². The molecule has 0 N–H and O–H groups in total. The van der Waals surface area contributed by atoms with Gasteiger partial charge in [-0.05, 0) is 13.8 Å². The lowest BCUT2D eigenvalue weighted by molar-refractivity contribution is 0.233. The Balaban J connectivity index is 1.85. The van der Waals surface area contributed by atoms with Crippen LogP contribution >= 0.6 is 0 Å².